The number of amides is 1. The fourth-order valence-electron chi connectivity index (χ4n) is 3.50. The molecule has 0 unspecified atom stereocenters. The molecule has 2 aromatic heterocycles. The van der Waals surface area contributed by atoms with Crippen molar-refractivity contribution in [2.45, 2.75) is 13.1 Å². The van der Waals surface area contributed by atoms with Crippen LogP contribution in [0.3, 0.4) is 0 Å². The number of nitrogens with zero attached hydrogens (tertiary/aromatic N) is 3. The number of hydrogen-bond acceptors (Lipinski definition) is 6. The number of benzene rings is 2. The van der Waals surface area contributed by atoms with E-state index in [2.05, 4.69) is 15.4 Å². The van der Waals surface area contributed by atoms with Crippen molar-refractivity contribution >= 4 is 22.4 Å². The first kappa shape index (κ1) is 22.0. The van der Waals surface area contributed by atoms with E-state index in [1.807, 2.05) is 6.92 Å². The van der Waals surface area contributed by atoms with Gasteiger partial charge < -0.3 is 9.47 Å². The van der Waals surface area contributed by atoms with E-state index in [1.165, 1.54) is 12.1 Å². The van der Waals surface area contributed by atoms with Crippen LogP contribution in [0.2, 0.25) is 0 Å². The normalized spacial score (nSPS) is 13.1. The molecule has 0 radical (unpaired) electrons. The smallest absolute Gasteiger partial charge is 0.434 e. The Bertz CT molecular complexity index is 1360. The number of thiazole rings is 1. The Kier molecular flexibility index (Phi) is 5.48. The number of nitrogens with one attached hydrogen (secondary N) is 1. The first-order valence-corrected chi connectivity index (χ1v) is 11.1. The summed E-state index contributed by atoms with van der Waals surface area (Å²) < 4.78 is 53.5. The highest BCUT2D eigenvalue weighted by molar-refractivity contribution is 7.14. The Morgan fingerprint density at radius 2 is 1.82 bits per heavy atom. The van der Waals surface area contributed by atoms with E-state index in [1.54, 1.807) is 35.7 Å². The Morgan fingerprint density at radius 1 is 1.09 bits per heavy atom. The zero-order chi connectivity index (χ0) is 23.9. The number of alkyl halides is 3. The Morgan fingerprint density at radius 3 is 2.56 bits per heavy atom. The second kappa shape index (κ2) is 8.49. The molecule has 174 valence electrons. The number of carbonyl (C=O) groups is 1. The molecular formula is C23H17F3N4O3S. The lowest BCUT2D eigenvalue weighted by Crippen LogP contribution is -2.20. The zero-order valence-corrected chi connectivity index (χ0v) is 18.5. The van der Waals surface area contributed by atoms with Crippen molar-refractivity contribution in [3.63, 3.8) is 0 Å². The summed E-state index contributed by atoms with van der Waals surface area (Å²) in [7, 11) is 0. The lowest BCUT2D eigenvalue weighted by molar-refractivity contribution is -0.143. The summed E-state index contributed by atoms with van der Waals surface area (Å²) in [6, 6.07) is 11.7. The number of rotatable bonds is 4. The molecule has 34 heavy (non-hydrogen) atoms. The van der Waals surface area contributed by atoms with E-state index in [9.17, 15) is 18.0 Å². The van der Waals surface area contributed by atoms with Gasteiger partial charge in [0, 0.05) is 10.9 Å². The second-order valence-electron chi connectivity index (χ2n) is 7.50. The Balaban J connectivity index is 1.41. The molecule has 1 N–H and O–H groups in total. The van der Waals surface area contributed by atoms with E-state index in [-0.39, 0.29) is 10.8 Å². The van der Waals surface area contributed by atoms with Crippen molar-refractivity contribution in [1.82, 2.24) is 14.8 Å². The topological polar surface area (TPSA) is 78.3 Å². The number of fused-ring (bicyclic) bond motifs is 1. The summed E-state index contributed by atoms with van der Waals surface area (Å²) in [4.78, 5) is 17.1. The summed E-state index contributed by atoms with van der Waals surface area (Å²) in [6.45, 7) is 2.73. The number of aromatic nitrogens is 3. The van der Waals surface area contributed by atoms with Gasteiger partial charge in [-0.15, -0.1) is 11.3 Å². The fraction of sp³-hybridized carbons (Fsp3) is 0.174. The summed E-state index contributed by atoms with van der Waals surface area (Å²) in [5.41, 5.74) is 0.613. The average molecular weight is 486 g/mol. The molecule has 0 atom stereocenters. The SMILES string of the molecule is Cc1ccc(-n2ncc(C(=O)Nc3nc(-c4ccc5c(c4)OCCO5)cs3)c2C(F)(F)F)cc1. The van der Waals surface area contributed by atoms with Gasteiger partial charge in [-0.3, -0.25) is 10.1 Å². The van der Waals surface area contributed by atoms with Crippen LogP contribution in [0.1, 0.15) is 21.6 Å². The standard InChI is InChI=1S/C23H17F3N4O3S/c1-13-2-5-15(6-3-13)30-20(23(24,25)26)16(11-27-30)21(31)29-22-28-17(12-34-22)14-4-7-18-19(10-14)33-9-8-32-18/h2-7,10-12H,8-9H2,1H3,(H,28,29,31). The predicted octanol–water partition coefficient (Wildman–Crippen LogP) is 5.35. The molecular weight excluding hydrogens is 469 g/mol. The van der Waals surface area contributed by atoms with E-state index in [0.29, 0.717) is 30.4 Å². The molecule has 2 aromatic carbocycles. The first-order chi connectivity index (χ1) is 16.3. The molecule has 1 aliphatic heterocycles. The summed E-state index contributed by atoms with van der Waals surface area (Å²) in [5.74, 6) is 0.262. The molecule has 0 saturated carbocycles. The molecule has 0 saturated heterocycles. The maximum Gasteiger partial charge on any atom is 0.434 e. The minimum Gasteiger partial charge on any atom is -0.486 e. The molecule has 7 nitrogen and oxygen atoms in total. The van der Waals surface area contributed by atoms with Gasteiger partial charge in [0.15, 0.2) is 22.3 Å². The van der Waals surface area contributed by atoms with Crippen LogP contribution in [-0.4, -0.2) is 33.9 Å². The maximum atomic E-state index is 13.9. The van der Waals surface area contributed by atoms with Crippen LogP contribution < -0.4 is 14.8 Å². The van der Waals surface area contributed by atoms with Crippen LogP contribution in [0, 0.1) is 6.92 Å². The maximum absolute atomic E-state index is 13.9. The van der Waals surface area contributed by atoms with Crippen molar-refractivity contribution in [3.05, 3.63) is 70.9 Å². The minimum absolute atomic E-state index is 0.158. The highest BCUT2D eigenvalue weighted by atomic mass is 32.1. The van der Waals surface area contributed by atoms with E-state index in [0.717, 1.165) is 33.3 Å². The number of ether oxygens (including phenoxy) is 2. The number of anilines is 1. The monoisotopic (exact) mass is 486 g/mol. The van der Waals surface area contributed by atoms with Gasteiger partial charge in [0.05, 0.1) is 23.1 Å². The number of carbonyl (C=O) groups excluding carboxylic acids is 1. The summed E-state index contributed by atoms with van der Waals surface area (Å²) in [5, 5.41) is 8.14. The van der Waals surface area contributed by atoms with Crippen molar-refractivity contribution in [2.24, 2.45) is 0 Å². The average Bonchev–Trinajstić information content (AvgIpc) is 3.47. The number of aryl methyl sites for hydroxylation is 1. The lowest BCUT2D eigenvalue weighted by Gasteiger charge is -2.18. The van der Waals surface area contributed by atoms with Gasteiger partial charge in [0.2, 0.25) is 0 Å². The molecule has 1 amide bonds. The summed E-state index contributed by atoms with van der Waals surface area (Å²) >= 11 is 1.10. The van der Waals surface area contributed by atoms with Crippen LogP contribution in [0.25, 0.3) is 16.9 Å². The molecule has 0 fully saturated rings. The molecule has 11 heteroatoms. The van der Waals surface area contributed by atoms with Crippen LogP contribution >= 0.6 is 11.3 Å². The highest BCUT2D eigenvalue weighted by Gasteiger charge is 2.40. The molecule has 0 spiro atoms. The molecule has 0 aliphatic carbocycles. The Hall–Kier alpha value is -3.86. The van der Waals surface area contributed by atoms with E-state index >= 15 is 0 Å². The Labute approximate surface area is 195 Å². The third-order valence-electron chi connectivity index (χ3n) is 5.12. The highest BCUT2D eigenvalue weighted by Crippen LogP contribution is 2.36. The first-order valence-electron chi connectivity index (χ1n) is 10.2. The zero-order valence-electron chi connectivity index (χ0n) is 17.7. The molecule has 5 rings (SSSR count). The van der Waals surface area contributed by atoms with Gasteiger partial charge in [0.1, 0.15) is 13.2 Å². The molecule has 1 aliphatic rings. The number of hydrogen-bond donors (Lipinski definition) is 1. The van der Waals surface area contributed by atoms with E-state index < -0.39 is 23.3 Å². The predicted molar refractivity (Wildman–Crippen MR) is 120 cm³/mol. The number of halogens is 3. The fourth-order valence-corrected chi connectivity index (χ4v) is 4.21. The van der Waals surface area contributed by atoms with Gasteiger partial charge in [-0.25, -0.2) is 9.67 Å². The lowest BCUT2D eigenvalue weighted by atomic mass is 10.1. The van der Waals surface area contributed by atoms with Crippen LogP contribution in [0.5, 0.6) is 11.5 Å². The molecule has 4 aromatic rings. The van der Waals surface area contributed by atoms with Crippen molar-refractivity contribution in [1.29, 1.82) is 0 Å². The van der Waals surface area contributed by atoms with Crippen LogP contribution in [-0.2, 0) is 6.18 Å². The van der Waals surface area contributed by atoms with E-state index in [4.69, 9.17) is 9.47 Å². The quantitative estimate of drug-likeness (QED) is 0.421. The van der Waals surface area contributed by atoms with Gasteiger partial charge in [-0.05, 0) is 37.3 Å². The summed E-state index contributed by atoms with van der Waals surface area (Å²) in [6.07, 6.45) is -3.89. The minimum atomic E-state index is -4.80. The second-order valence-corrected chi connectivity index (χ2v) is 8.36. The van der Waals surface area contributed by atoms with Crippen molar-refractivity contribution in [2.75, 3.05) is 18.5 Å². The van der Waals surface area contributed by atoms with Gasteiger partial charge in [0.25, 0.3) is 5.91 Å². The molecule has 0 bridgehead atoms. The van der Waals surface area contributed by atoms with Gasteiger partial charge >= 0.3 is 6.18 Å². The van der Waals surface area contributed by atoms with Crippen molar-refractivity contribution < 1.29 is 27.4 Å². The van der Waals surface area contributed by atoms with Crippen LogP contribution in [0.4, 0.5) is 18.3 Å². The third-order valence-corrected chi connectivity index (χ3v) is 5.88. The van der Waals surface area contributed by atoms with Crippen LogP contribution in [0.15, 0.2) is 54.0 Å². The van der Waals surface area contributed by atoms with Gasteiger partial charge in [-0.2, -0.15) is 18.3 Å². The largest absolute Gasteiger partial charge is 0.486 e. The van der Waals surface area contributed by atoms with Gasteiger partial charge in [-0.1, -0.05) is 17.7 Å². The molecule has 3 heterocycles. The third kappa shape index (κ3) is 4.21. The van der Waals surface area contributed by atoms with Crippen molar-refractivity contribution in [3.8, 4) is 28.4 Å².